The largest absolute Gasteiger partial charge is 0.455 e. The Hall–Kier alpha value is -4.04. The van der Waals surface area contributed by atoms with Crippen LogP contribution in [-0.2, 0) is 33.4 Å². The minimum absolute atomic E-state index is 0.0218. The summed E-state index contributed by atoms with van der Waals surface area (Å²) in [5.74, 6) is -3.72. The van der Waals surface area contributed by atoms with Crippen LogP contribution in [0.25, 0.3) is 0 Å². The van der Waals surface area contributed by atoms with Crippen molar-refractivity contribution in [3.05, 3.63) is 82.9 Å². The van der Waals surface area contributed by atoms with Gasteiger partial charge in [0.25, 0.3) is 5.91 Å². The number of hydrogen-bond acceptors (Lipinski definition) is 9. The van der Waals surface area contributed by atoms with Gasteiger partial charge in [0, 0.05) is 62.2 Å². The van der Waals surface area contributed by atoms with E-state index in [0.29, 0.717) is 41.4 Å². The molecule has 0 radical (unpaired) electrons. The van der Waals surface area contributed by atoms with Gasteiger partial charge in [-0.1, -0.05) is 58.4 Å². The zero-order valence-electron chi connectivity index (χ0n) is 31.2. The SMILES string of the molecule is CCN(CC)c1ccc(N2C/C=C\CCC(=O)N[C@H](COC)[C@@H](c3ccccc3)OC(=O)[C@@H]3[C@H]4O[C@@]5(C=C4Br)[C@H](C2=O)N(CCCCCO)C(=O)[C@@H]35)cc1. The number of allylic oxidation sites excluding steroid dienone is 1. The first-order chi connectivity index (χ1) is 26.2. The molecule has 290 valence electrons. The molecule has 2 aromatic carbocycles. The van der Waals surface area contributed by atoms with E-state index in [0.717, 1.165) is 18.8 Å². The van der Waals surface area contributed by atoms with E-state index in [1.807, 2.05) is 66.7 Å². The number of hydrogen-bond donors (Lipinski definition) is 2. The molecule has 4 aliphatic rings. The van der Waals surface area contributed by atoms with Crippen LogP contribution in [0.4, 0.5) is 11.4 Å². The maximum atomic E-state index is 15.2. The lowest BCUT2D eigenvalue weighted by Gasteiger charge is -2.36. The van der Waals surface area contributed by atoms with Crippen molar-refractivity contribution < 1.29 is 38.5 Å². The standard InChI is InChI=1S/C41H51BrN4O8/c1-4-44(5-2)28-18-20-29(21-19-28)45-22-12-7-11-17-32(48)43-31(26-52-3)35(27-15-9-6-10-16-27)53-40(51)33-34-38(49)46(23-13-8-14-24-47)37(39(45)50)41(34)25-30(42)36(33)54-41/h6-7,9-10,12,15-16,18-21,25,31,33-37,47H,4-5,8,11,13-14,17,22-24,26H2,1-3H3,(H,43,48)/b12-7-/t31-,33+,34-,35-,36+,37+,41-/m1/s1. The van der Waals surface area contributed by atoms with Gasteiger partial charge in [-0.15, -0.1) is 0 Å². The van der Waals surface area contributed by atoms with Crippen molar-refractivity contribution in [2.75, 3.05) is 56.3 Å². The van der Waals surface area contributed by atoms with Gasteiger partial charge in [0.15, 0.2) is 0 Å². The molecule has 3 amide bonds. The minimum Gasteiger partial charge on any atom is -0.455 e. The van der Waals surface area contributed by atoms with Gasteiger partial charge in [-0.3, -0.25) is 19.2 Å². The molecule has 2 N–H and O–H groups in total. The smallest absolute Gasteiger partial charge is 0.313 e. The van der Waals surface area contributed by atoms with E-state index < -0.39 is 47.7 Å². The number of halogens is 1. The van der Waals surface area contributed by atoms with Crippen LogP contribution in [0.2, 0.25) is 0 Å². The Balaban J connectivity index is 1.45. The van der Waals surface area contributed by atoms with Gasteiger partial charge in [-0.2, -0.15) is 0 Å². The number of amides is 3. The summed E-state index contributed by atoms with van der Waals surface area (Å²) < 4.78 is 19.2. The molecule has 2 fully saturated rings. The van der Waals surface area contributed by atoms with Crippen LogP contribution in [0, 0.1) is 11.8 Å². The average Bonchev–Trinajstić information content (AvgIpc) is 3.77. The molecular weight excluding hydrogens is 756 g/mol. The maximum Gasteiger partial charge on any atom is 0.313 e. The summed E-state index contributed by atoms with van der Waals surface area (Å²) in [6.45, 7) is 6.34. The number of ether oxygens (including phenoxy) is 3. The number of methoxy groups -OCH3 is 1. The van der Waals surface area contributed by atoms with Gasteiger partial charge >= 0.3 is 5.97 Å². The van der Waals surface area contributed by atoms with E-state index in [4.69, 9.17) is 14.2 Å². The maximum absolute atomic E-state index is 15.2. The number of nitrogens with one attached hydrogen (secondary N) is 1. The molecule has 2 saturated heterocycles. The van der Waals surface area contributed by atoms with Crippen molar-refractivity contribution in [3.8, 4) is 0 Å². The zero-order valence-corrected chi connectivity index (χ0v) is 32.8. The van der Waals surface area contributed by atoms with Gasteiger partial charge < -0.3 is 39.3 Å². The summed E-state index contributed by atoms with van der Waals surface area (Å²) in [6.07, 6.45) is 6.07. The second kappa shape index (κ2) is 17.6. The Labute approximate surface area is 325 Å². The number of aliphatic hydroxyl groups excluding tert-OH is 1. The topological polar surface area (TPSA) is 138 Å². The van der Waals surface area contributed by atoms with Gasteiger partial charge in [0.1, 0.15) is 29.8 Å². The van der Waals surface area contributed by atoms with Crippen molar-refractivity contribution >= 4 is 51.0 Å². The molecule has 2 aromatic rings. The van der Waals surface area contributed by atoms with E-state index in [-0.39, 0.29) is 50.4 Å². The van der Waals surface area contributed by atoms with Crippen LogP contribution in [-0.4, -0.2) is 104 Å². The fraction of sp³-hybridized carbons (Fsp3) is 0.512. The number of rotatable bonds is 12. The number of fused-ring (bicyclic) bond motifs is 2. The third kappa shape index (κ3) is 7.73. The van der Waals surface area contributed by atoms with Crippen LogP contribution >= 0.6 is 15.9 Å². The number of esters is 1. The van der Waals surface area contributed by atoms with E-state index in [1.54, 1.807) is 15.9 Å². The second-order valence-electron chi connectivity index (χ2n) is 14.2. The highest BCUT2D eigenvalue weighted by atomic mass is 79.9. The molecule has 4 heterocycles. The Bertz CT molecular complexity index is 1720. The van der Waals surface area contributed by atoms with Crippen LogP contribution in [0.3, 0.4) is 0 Å². The second-order valence-corrected chi connectivity index (χ2v) is 15.1. The van der Waals surface area contributed by atoms with Crippen LogP contribution in [0.1, 0.15) is 57.6 Å². The predicted molar refractivity (Wildman–Crippen MR) is 208 cm³/mol. The molecule has 4 aliphatic heterocycles. The van der Waals surface area contributed by atoms with Crippen LogP contribution in [0.5, 0.6) is 0 Å². The van der Waals surface area contributed by atoms with Gasteiger partial charge in [0.05, 0.1) is 18.6 Å². The molecule has 12 nitrogen and oxygen atoms in total. The fourth-order valence-corrected chi connectivity index (χ4v) is 9.12. The molecule has 0 aliphatic carbocycles. The number of benzene rings is 2. The Kier molecular flexibility index (Phi) is 12.9. The lowest BCUT2D eigenvalue weighted by Crippen LogP contribution is -2.56. The number of carbonyl (C=O) groups is 4. The normalized spacial score (nSPS) is 29.2. The molecule has 0 saturated carbocycles. The molecule has 5 bridgehead atoms. The number of carbonyl (C=O) groups excluding carboxylic acids is 4. The minimum atomic E-state index is -1.45. The summed E-state index contributed by atoms with van der Waals surface area (Å²) in [6, 6.07) is 15.1. The highest BCUT2D eigenvalue weighted by molar-refractivity contribution is 9.11. The third-order valence-electron chi connectivity index (χ3n) is 11.0. The van der Waals surface area contributed by atoms with Gasteiger partial charge in [-0.05, 0) is 75.4 Å². The average molecular weight is 808 g/mol. The van der Waals surface area contributed by atoms with E-state index in [2.05, 4.69) is 40.0 Å². The van der Waals surface area contributed by atoms with Crippen LogP contribution in [0.15, 0.2) is 77.3 Å². The molecule has 13 heteroatoms. The number of unbranched alkanes of at least 4 members (excludes halogenated alkanes) is 2. The molecule has 0 unspecified atom stereocenters. The molecular formula is C41H51BrN4O8. The van der Waals surface area contributed by atoms with E-state index in [1.165, 1.54) is 7.11 Å². The number of anilines is 2. The summed E-state index contributed by atoms with van der Waals surface area (Å²) in [5, 5.41) is 12.5. The van der Waals surface area contributed by atoms with Gasteiger partial charge in [-0.25, -0.2) is 0 Å². The first-order valence-electron chi connectivity index (χ1n) is 19.0. The molecule has 0 aromatic heterocycles. The summed E-state index contributed by atoms with van der Waals surface area (Å²) in [4.78, 5) is 63.3. The van der Waals surface area contributed by atoms with Crippen molar-refractivity contribution in [3.63, 3.8) is 0 Å². The van der Waals surface area contributed by atoms with Crippen molar-refractivity contribution in [2.45, 2.75) is 75.8 Å². The zero-order chi connectivity index (χ0) is 38.4. The number of nitrogens with zero attached hydrogens (tertiary/aromatic N) is 3. The fourth-order valence-electron chi connectivity index (χ4n) is 8.38. The summed E-state index contributed by atoms with van der Waals surface area (Å²) in [7, 11) is 1.52. The van der Waals surface area contributed by atoms with E-state index in [9.17, 15) is 19.5 Å². The highest BCUT2D eigenvalue weighted by Gasteiger charge is 2.75. The third-order valence-corrected chi connectivity index (χ3v) is 11.6. The Morgan fingerprint density at radius 1 is 0.963 bits per heavy atom. The monoisotopic (exact) mass is 806 g/mol. The van der Waals surface area contributed by atoms with Crippen LogP contribution < -0.4 is 15.1 Å². The number of cyclic esters (lactones) is 1. The number of aliphatic hydroxyl groups is 1. The van der Waals surface area contributed by atoms with Crippen molar-refractivity contribution in [1.82, 2.24) is 10.2 Å². The molecule has 54 heavy (non-hydrogen) atoms. The van der Waals surface area contributed by atoms with Crippen molar-refractivity contribution in [1.29, 1.82) is 0 Å². The van der Waals surface area contributed by atoms with Crippen molar-refractivity contribution in [2.24, 2.45) is 11.8 Å². The first-order valence-corrected chi connectivity index (χ1v) is 19.8. The Morgan fingerprint density at radius 3 is 2.39 bits per heavy atom. The molecule has 1 spiro atoms. The quantitative estimate of drug-likeness (QED) is 0.178. The lowest BCUT2D eigenvalue weighted by molar-refractivity contribution is -0.162. The van der Waals surface area contributed by atoms with Gasteiger partial charge in [0.2, 0.25) is 11.8 Å². The first kappa shape index (κ1) is 39.6. The predicted octanol–water partition coefficient (Wildman–Crippen LogP) is 4.67. The summed E-state index contributed by atoms with van der Waals surface area (Å²) >= 11 is 3.64. The summed E-state index contributed by atoms with van der Waals surface area (Å²) in [5.41, 5.74) is 0.870. The lowest BCUT2D eigenvalue weighted by atomic mass is 9.74. The Morgan fingerprint density at radius 2 is 1.70 bits per heavy atom. The highest BCUT2D eigenvalue weighted by Crippen LogP contribution is 2.59. The number of likely N-dealkylation sites (tertiary alicyclic amines) is 1. The van der Waals surface area contributed by atoms with E-state index >= 15 is 4.79 Å². The molecule has 6 rings (SSSR count). The molecule has 7 atom stereocenters.